The Kier molecular flexibility index (Phi) is 4.52. The molecule has 1 aromatic rings. The van der Waals surface area contributed by atoms with Gasteiger partial charge in [-0.25, -0.2) is 4.99 Å². The predicted octanol–water partition coefficient (Wildman–Crippen LogP) is 0.846. The van der Waals surface area contributed by atoms with Crippen molar-refractivity contribution in [3.63, 3.8) is 0 Å². The zero-order chi connectivity index (χ0) is 13.0. The van der Waals surface area contributed by atoms with Gasteiger partial charge in [-0.3, -0.25) is 4.68 Å². The van der Waals surface area contributed by atoms with Gasteiger partial charge in [-0.05, 0) is 6.42 Å². The Bertz CT molecular complexity index is 420. The van der Waals surface area contributed by atoms with Gasteiger partial charge in [0, 0.05) is 43.4 Å². The molecule has 100 valence electrons. The molecule has 0 spiro atoms. The molecule has 0 atom stereocenters. The van der Waals surface area contributed by atoms with Gasteiger partial charge in [-0.15, -0.1) is 0 Å². The summed E-state index contributed by atoms with van der Waals surface area (Å²) in [4.78, 5) is 6.66. The quantitative estimate of drug-likeness (QED) is 0.651. The number of nitrogens with two attached hydrogens (primary N) is 1. The number of aromatic nitrogens is 2. The van der Waals surface area contributed by atoms with Crippen LogP contribution in [0.4, 0.5) is 0 Å². The third-order valence-electron chi connectivity index (χ3n) is 3.07. The summed E-state index contributed by atoms with van der Waals surface area (Å²) in [6.45, 7) is 4.76. The van der Waals surface area contributed by atoms with Crippen molar-refractivity contribution in [2.24, 2.45) is 17.8 Å². The topological polar surface area (TPSA) is 59.4 Å². The average molecular weight is 267 g/mol. The summed E-state index contributed by atoms with van der Waals surface area (Å²) < 4.78 is 1.84. The van der Waals surface area contributed by atoms with E-state index in [1.54, 1.807) is 0 Å². The first kappa shape index (κ1) is 13.3. The van der Waals surface area contributed by atoms with Crippen molar-refractivity contribution in [2.45, 2.75) is 19.9 Å². The second-order valence-corrected chi connectivity index (χ2v) is 5.63. The van der Waals surface area contributed by atoms with Crippen LogP contribution in [0, 0.1) is 0 Å². The molecule has 1 aromatic heterocycles. The van der Waals surface area contributed by atoms with Crippen LogP contribution < -0.4 is 5.73 Å². The van der Waals surface area contributed by atoms with Crippen LogP contribution in [0.2, 0.25) is 0 Å². The molecule has 2 heterocycles. The lowest BCUT2D eigenvalue weighted by Crippen LogP contribution is -2.42. The van der Waals surface area contributed by atoms with E-state index in [1.165, 1.54) is 5.56 Å². The fourth-order valence-corrected chi connectivity index (χ4v) is 2.98. The first-order valence-corrected chi connectivity index (χ1v) is 7.50. The minimum absolute atomic E-state index is 0.631. The standard InChI is InChI=1S/C12H21N5S/c1-3-11-10(9-16(2)15-11)8-14-12(13)17-4-6-18-7-5-17/h9H,3-8H2,1-2H3,(H2,13,14). The van der Waals surface area contributed by atoms with Gasteiger partial charge in [0.1, 0.15) is 0 Å². The van der Waals surface area contributed by atoms with Crippen LogP contribution in [0.1, 0.15) is 18.2 Å². The number of nitrogens with zero attached hydrogens (tertiary/aromatic N) is 4. The van der Waals surface area contributed by atoms with Gasteiger partial charge in [0.15, 0.2) is 5.96 Å². The molecule has 0 saturated carbocycles. The van der Waals surface area contributed by atoms with Crippen molar-refractivity contribution in [1.29, 1.82) is 0 Å². The Balaban J connectivity index is 2.00. The van der Waals surface area contributed by atoms with Crippen molar-refractivity contribution in [2.75, 3.05) is 24.6 Å². The lowest BCUT2D eigenvalue weighted by molar-refractivity contribution is 0.455. The monoisotopic (exact) mass is 267 g/mol. The summed E-state index contributed by atoms with van der Waals surface area (Å²) in [7, 11) is 1.94. The maximum absolute atomic E-state index is 6.03. The highest BCUT2D eigenvalue weighted by atomic mass is 32.2. The Morgan fingerprint density at radius 3 is 2.89 bits per heavy atom. The number of rotatable bonds is 3. The minimum atomic E-state index is 0.631. The summed E-state index contributed by atoms with van der Waals surface area (Å²) >= 11 is 1.97. The molecule has 18 heavy (non-hydrogen) atoms. The molecular weight excluding hydrogens is 246 g/mol. The number of thioether (sulfide) groups is 1. The first-order valence-electron chi connectivity index (χ1n) is 6.34. The largest absolute Gasteiger partial charge is 0.370 e. The van der Waals surface area contributed by atoms with E-state index in [4.69, 9.17) is 5.73 Å². The molecule has 0 unspecified atom stereocenters. The van der Waals surface area contributed by atoms with E-state index in [1.807, 2.05) is 29.7 Å². The molecule has 1 saturated heterocycles. The van der Waals surface area contributed by atoms with E-state index >= 15 is 0 Å². The summed E-state index contributed by atoms with van der Waals surface area (Å²) in [5, 5.41) is 4.41. The van der Waals surface area contributed by atoms with Gasteiger partial charge in [0.25, 0.3) is 0 Å². The van der Waals surface area contributed by atoms with E-state index in [0.717, 1.165) is 36.7 Å². The summed E-state index contributed by atoms with van der Waals surface area (Å²) in [6, 6.07) is 0. The van der Waals surface area contributed by atoms with Gasteiger partial charge in [-0.2, -0.15) is 16.9 Å². The SMILES string of the molecule is CCc1nn(C)cc1CN=C(N)N1CCSCC1. The number of aryl methyl sites for hydroxylation is 2. The molecule has 0 amide bonds. The van der Waals surface area contributed by atoms with Gasteiger partial charge < -0.3 is 10.6 Å². The highest BCUT2D eigenvalue weighted by Crippen LogP contribution is 2.11. The fourth-order valence-electron chi connectivity index (χ4n) is 2.07. The Morgan fingerprint density at radius 2 is 2.22 bits per heavy atom. The smallest absolute Gasteiger partial charge is 0.191 e. The van der Waals surface area contributed by atoms with E-state index in [-0.39, 0.29) is 0 Å². The molecule has 0 aromatic carbocycles. The van der Waals surface area contributed by atoms with Crippen molar-refractivity contribution in [3.8, 4) is 0 Å². The molecule has 1 fully saturated rings. The third kappa shape index (κ3) is 3.19. The van der Waals surface area contributed by atoms with Crippen LogP contribution >= 0.6 is 11.8 Å². The molecule has 0 radical (unpaired) electrons. The van der Waals surface area contributed by atoms with Crippen LogP contribution in [0.25, 0.3) is 0 Å². The molecule has 0 bridgehead atoms. The van der Waals surface area contributed by atoms with Crippen LogP contribution in [-0.4, -0.2) is 45.2 Å². The number of hydrogen-bond acceptors (Lipinski definition) is 3. The zero-order valence-electron chi connectivity index (χ0n) is 11.1. The maximum Gasteiger partial charge on any atom is 0.191 e. The summed E-state index contributed by atoms with van der Waals surface area (Å²) in [5.41, 5.74) is 8.32. The van der Waals surface area contributed by atoms with Crippen LogP contribution in [0.15, 0.2) is 11.2 Å². The number of hydrogen-bond donors (Lipinski definition) is 1. The third-order valence-corrected chi connectivity index (χ3v) is 4.02. The molecule has 2 rings (SSSR count). The Labute approximate surface area is 112 Å². The fraction of sp³-hybridized carbons (Fsp3) is 0.667. The highest BCUT2D eigenvalue weighted by Gasteiger charge is 2.12. The van der Waals surface area contributed by atoms with E-state index in [2.05, 4.69) is 21.9 Å². The normalized spacial score (nSPS) is 17.2. The van der Waals surface area contributed by atoms with Gasteiger partial charge >= 0.3 is 0 Å². The number of guanidine groups is 1. The molecule has 0 aliphatic carbocycles. The van der Waals surface area contributed by atoms with Crippen molar-refractivity contribution >= 4 is 17.7 Å². The maximum atomic E-state index is 6.03. The van der Waals surface area contributed by atoms with Gasteiger partial charge in [0.2, 0.25) is 0 Å². The Morgan fingerprint density at radius 1 is 1.50 bits per heavy atom. The van der Waals surface area contributed by atoms with E-state index < -0.39 is 0 Å². The van der Waals surface area contributed by atoms with Crippen molar-refractivity contribution in [1.82, 2.24) is 14.7 Å². The Hall–Kier alpha value is -1.17. The lowest BCUT2D eigenvalue weighted by Gasteiger charge is -2.27. The molecule has 1 aliphatic heterocycles. The molecular formula is C12H21N5S. The van der Waals surface area contributed by atoms with Crippen LogP contribution in [0.3, 0.4) is 0 Å². The van der Waals surface area contributed by atoms with Crippen molar-refractivity contribution < 1.29 is 0 Å². The summed E-state index contributed by atoms with van der Waals surface area (Å²) in [5.74, 6) is 2.95. The highest BCUT2D eigenvalue weighted by molar-refractivity contribution is 7.99. The number of aliphatic imine (C=N–C) groups is 1. The van der Waals surface area contributed by atoms with Crippen LogP contribution in [0.5, 0.6) is 0 Å². The van der Waals surface area contributed by atoms with E-state index in [0.29, 0.717) is 12.5 Å². The minimum Gasteiger partial charge on any atom is -0.370 e. The van der Waals surface area contributed by atoms with Crippen LogP contribution in [-0.2, 0) is 20.0 Å². The molecule has 1 aliphatic rings. The second-order valence-electron chi connectivity index (χ2n) is 4.40. The lowest BCUT2D eigenvalue weighted by atomic mass is 10.2. The van der Waals surface area contributed by atoms with Crippen molar-refractivity contribution in [3.05, 3.63) is 17.5 Å². The summed E-state index contributed by atoms with van der Waals surface area (Å²) in [6.07, 6.45) is 2.97. The first-order chi connectivity index (χ1) is 8.70. The predicted molar refractivity (Wildman–Crippen MR) is 76.8 cm³/mol. The second kappa shape index (κ2) is 6.13. The average Bonchev–Trinajstić information content (AvgIpc) is 2.77. The van der Waals surface area contributed by atoms with Gasteiger partial charge in [-0.1, -0.05) is 6.92 Å². The molecule has 2 N–H and O–H groups in total. The van der Waals surface area contributed by atoms with E-state index in [9.17, 15) is 0 Å². The molecule has 5 nitrogen and oxygen atoms in total. The van der Waals surface area contributed by atoms with Gasteiger partial charge in [0.05, 0.1) is 12.2 Å². The zero-order valence-corrected chi connectivity index (χ0v) is 11.9. The molecule has 6 heteroatoms.